The van der Waals surface area contributed by atoms with E-state index in [0.29, 0.717) is 27.0 Å². The summed E-state index contributed by atoms with van der Waals surface area (Å²) in [4.78, 5) is 27.2. The standard InChI is InChI=1S/C22H19Cl2NO3/c1-4-14-8-10-15(11-9-14)25-13(2)20(22(27)28-3)17(21(25)26)12-16-18(23)6-5-7-19(16)24/h5-12H,4H2,1-3H3/b17-12-. The van der Waals surface area contributed by atoms with Gasteiger partial charge in [0.25, 0.3) is 5.91 Å². The molecule has 0 saturated heterocycles. The summed E-state index contributed by atoms with van der Waals surface area (Å²) in [7, 11) is 1.28. The topological polar surface area (TPSA) is 46.6 Å². The molecule has 0 atom stereocenters. The molecular weight excluding hydrogens is 397 g/mol. The van der Waals surface area contributed by atoms with Crippen molar-refractivity contribution in [3.8, 4) is 0 Å². The molecule has 0 aliphatic carbocycles. The van der Waals surface area contributed by atoms with E-state index in [4.69, 9.17) is 27.9 Å². The van der Waals surface area contributed by atoms with E-state index in [1.54, 1.807) is 31.2 Å². The zero-order valence-electron chi connectivity index (χ0n) is 15.8. The fraction of sp³-hybridized carbons (Fsp3) is 0.182. The first kappa shape index (κ1) is 20.2. The van der Waals surface area contributed by atoms with E-state index in [0.717, 1.165) is 12.0 Å². The highest BCUT2D eigenvalue weighted by Crippen LogP contribution is 2.37. The van der Waals surface area contributed by atoms with E-state index < -0.39 is 5.97 Å². The Kier molecular flexibility index (Phi) is 5.92. The summed E-state index contributed by atoms with van der Waals surface area (Å²) in [6.45, 7) is 3.78. The lowest BCUT2D eigenvalue weighted by molar-refractivity contribution is -0.136. The van der Waals surface area contributed by atoms with Gasteiger partial charge < -0.3 is 4.74 Å². The second-order valence-electron chi connectivity index (χ2n) is 6.31. The van der Waals surface area contributed by atoms with E-state index in [2.05, 4.69) is 6.92 Å². The minimum atomic E-state index is -0.590. The zero-order valence-corrected chi connectivity index (χ0v) is 17.3. The third-order valence-electron chi connectivity index (χ3n) is 4.68. The van der Waals surface area contributed by atoms with Crippen LogP contribution in [0.15, 0.2) is 59.3 Å². The molecule has 1 amide bonds. The number of halogens is 2. The van der Waals surface area contributed by atoms with E-state index in [-0.39, 0.29) is 17.1 Å². The van der Waals surface area contributed by atoms with Gasteiger partial charge >= 0.3 is 5.97 Å². The Morgan fingerprint density at radius 1 is 1.11 bits per heavy atom. The van der Waals surface area contributed by atoms with Gasteiger partial charge in [0.05, 0.1) is 18.3 Å². The van der Waals surface area contributed by atoms with Crippen LogP contribution in [0.1, 0.15) is 25.0 Å². The maximum absolute atomic E-state index is 13.3. The molecule has 1 aliphatic rings. The summed E-state index contributed by atoms with van der Waals surface area (Å²) in [6.07, 6.45) is 2.44. The van der Waals surface area contributed by atoms with Gasteiger partial charge in [-0.05, 0) is 49.2 Å². The Morgan fingerprint density at radius 2 is 1.71 bits per heavy atom. The maximum atomic E-state index is 13.3. The highest BCUT2D eigenvalue weighted by Gasteiger charge is 2.38. The van der Waals surface area contributed by atoms with Crippen LogP contribution in [0.2, 0.25) is 10.0 Å². The largest absolute Gasteiger partial charge is 0.465 e. The third kappa shape index (κ3) is 3.58. The molecule has 28 heavy (non-hydrogen) atoms. The fourth-order valence-electron chi connectivity index (χ4n) is 3.16. The highest BCUT2D eigenvalue weighted by atomic mass is 35.5. The molecular formula is C22H19Cl2NO3. The number of methoxy groups -OCH3 is 1. The number of ether oxygens (including phenoxy) is 1. The minimum Gasteiger partial charge on any atom is -0.465 e. The first-order chi connectivity index (χ1) is 13.4. The number of aryl methyl sites for hydroxylation is 1. The average Bonchev–Trinajstić information content (AvgIpc) is 2.94. The number of allylic oxidation sites excluding steroid dienone is 1. The number of hydrogen-bond acceptors (Lipinski definition) is 3. The van der Waals surface area contributed by atoms with E-state index in [1.165, 1.54) is 12.0 Å². The molecule has 6 heteroatoms. The van der Waals surface area contributed by atoms with Crippen LogP contribution < -0.4 is 4.90 Å². The van der Waals surface area contributed by atoms with Crippen LogP contribution in [-0.4, -0.2) is 19.0 Å². The molecule has 0 bridgehead atoms. The molecule has 2 aromatic rings. The summed E-state index contributed by atoms with van der Waals surface area (Å²) in [5, 5.41) is 0.779. The average molecular weight is 416 g/mol. The Bertz CT molecular complexity index is 987. The van der Waals surface area contributed by atoms with Crippen LogP contribution in [0.4, 0.5) is 5.69 Å². The molecule has 0 fully saturated rings. The van der Waals surface area contributed by atoms with Gasteiger partial charge in [-0.25, -0.2) is 4.79 Å². The van der Waals surface area contributed by atoms with Crippen molar-refractivity contribution in [2.75, 3.05) is 12.0 Å². The normalized spacial score (nSPS) is 15.5. The fourth-order valence-corrected chi connectivity index (χ4v) is 3.67. The van der Waals surface area contributed by atoms with Crippen molar-refractivity contribution in [1.29, 1.82) is 0 Å². The Labute approximate surface area is 174 Å². The molecule has 1 heterocycles. The predicted octanol–water partition coefficient (Wildman–Crippen LogP) is 5.43. The molecule has 3 rings (SSSR count). The van der Waals surface area contributed by atoms with Crippen molar-refractivity contribution >= 4 is 46.8 Å². The number of nitrogens with zero attached hydrogens (tertiary/aromatic N) is 1. The monoisotopic (exact) mass is 415 g/mol. The van der Waals surface area contributed by atoms with Crippen LogP contribution in [0, 0.1) is 0 Å². The van der Waals surface area contributed by atoms with Crippen molar-refractivity contribution in [3.05, 3.63) is 80.5 Å². The lowest BCUT2D eigenvalue weighted by atomic mass is 10.0. The van der Waals surface area contributed by atoms with Crippen molar-refractivity contribution in [1.82, 2.24) is 0 Å². The molecule has 4 nitrogen and oxygen atoms in total. The molecule has 0 saturated carbocycles. The van der Waals surface area contributed by atoms with Crippen LogP contribution in [-0.2, 0) is 20.7 Å². The second-order valence-corrected chi connectivity index (χ2v) is 7.12. The second kappa shape index (κ2) is 8.21. The lowest BCUT2D eigenvalue weighted by Crippen LogP contribution is -2.24. The first-order valence-electron chi connectivity index (χ1n) is 8.77. The first-order valence-corrected chi connectivity index (χ1v) is 9.53. The molecule has 0 N–H and O–H groups in total. The van der Waals surface area contributed by atoms with Crippen molar-refractivity contribution in [2.24, 2.45) is 0 Å². The Balaban J connectivity index is 2.16. The number of rotatable bonds is 4. The van der Waals surface area contributed by atoms with Crippen molar-refractivity contribution < 1.29 is 14.3 Å². The SMILES string of the molecule is CCc1ccc(N2C(=O)/C(=C\c3c(Cl)cccc3Cl)C(C(=O)OC)=C2C)cc1. The molecule has 1 aliphatic heterocycles. The van der Waals surface area contributed by atoms with Crippen LogP contribution >= 0.6 is 23.2 Å². The molecule has 2 aromatic carbocycles. The number of benzene rings is 2. The molecule has 0 radical (unpaired) electrons. The Hall–Kier alpha value is -2.56. The number of anilines is 1. The number of hydrogen-bond donors (Lipinski definition) is 0. The van der Waals surface area contributed by atoms with Gasteiger partial charge in [-0.2, -0.15) is 0 Å². The van der Waals surface area contributed by atoms with Crippen LogP contribution in [0.25, 0.3) is 6.08 Å². The van der Waals surface area contributed by atoms with Gasteiger partial charge in [-0.1, -0.05) is 48.3 Å². The van der Waals surface area contributed by atoms with Gasteiger partial charge in [-0.15, -0.1) is 0 Å². The van der Waals surface area contributed by atoms with Crippen LogP contribution in [0.3, 0.4) is 0 Å². The van der Waals surface area contributed by atoms with E-state index in [9.17, 15) is 9.59 Å². The molecule has 144 valence electrons. The number of carbonyl (C=O) groups excluding carboxylic acids is 2. The van der Waals surface area contributed by atoms with Gasteiger partial charge in [-0.3, -0.25) is 9.69 Å². The molecule has 0 aromatic heterocycles. The highest BCUT2D eigenvalue weighted by molar-refractivity contribution is 6.37. The smallest absolute Gasteiger partial charge is 0.340 e. The number of esters is 1. The van der Waals surface area contributed by atoms with Gasteiger partial charge in [0.2, 0.25) is 0 Å². The van der Waals surface area contributed by atoms with Crippen molar-refractivity contribution in [3.63, 3.8) is 0 Å². The molecule has 0 spiro atoms. The number of amides is 1. The minimum absolute atomic E-state index is 0.193. The summed E-state index contributed by atoms with van der Waals surface area (Å²) in [5.41, 5.74) is 3.20. The molecule has 0 unspecified atom stereocenters. The predicted molar refractivity (Wildman–Crippen MR) is 112 cm³/mol. The van der Waals surface area contributed by atoms with E-state index in [1.807, 2.05) is 24.3 Å². The Morgan fingerprint density at radius 3 is 2.25 bits per heavy atom. The van der Waals surface area contributed by atoms with Crippen molar-refractivity contribution in [2.45, 2.75) is 20.3 Å². The number of carbonyl (C=O) groups is 2. The van der Waals surface area contributed by atoms with E-state index >= 15 is 0 Å². The third-order valence-corrected chi connectivity index (χ3v) is 5.34. The maximum Gasteiger partial charge on any atom is 0.340 e. The van der Waals surface area contributed by atoms with Gasteiger partial charge in [0.15, 0.2) is 0 Å². The van der Waals surface area contributed by atoms with Crippen LogP contribution in [0.5, 0.6) is 0 Å². The summed E-state index contributed by atoms with van der Waals surface area (Å²) >= 11 is 12.5. The van der Waals surface area contributed by atoms with Gasteiger partial charge in [0, 0.05) is 27.0 Å². The summed E-state index contributed by atoms with van der Waals surface area (Å²) in [6, 6.07) is 12.7. The lowest BCUT2D eigenvalue weighted by Gasteiger charge is -2.18. The quantitative estimate of drug-likeness (QED) is 0.493. The summed E-state index contributed by atoms with van der Waals surface area (Å²) < 4.78 is 4.92. The summed E-state index contributed by atoms with van der Waals surface area (Å²) in [5.74, 6) is -0.925. The zero-order chi connectivity index (χ0) is 20.4. The van der Waals surface area contributed by atoms with Gasteiger partial charge in [0.1, 0.15) is 0 Å².